The summed E-state index contributed by atoms with van der Waals surface area (Å²) in [5.41, 5.74) is 3.48. The third-order valence-corrected chi connectivity index (χ3v) is 14.5. The number of tetrazole rings is 2. The Kier molecular flexibility index (Phi) is 17.4. The van der Waals surface area contributed by atoms with Crippen molar-refractivity contribution < 1.29 is 43.9 Å². The number of aromatic nitrogens is 11. The van der Waals surface area contributed by atoms with E-state index < -0.39 is 70.7 Å². The van der Waals surface area contributed by atoms with E-state index in [1.54, 1.807) is 0 Å². The molecule has 4 atom stereocenters. The number of halogens is 11. The van der Waals surface area contributed by atoms with Crippen molar-refractivity contribution in [2.75, 3.05) is 21.7 Å². The molecule has 30 heteroatoms. The maximum Gasteiger partial charge on any atom is 0.392 e. The Labute approximate surface area is 470 Å². The van der Waals surface area contributed by atoms with E-state index in [-0.39, 0.29) is 111 Å². The smallest absolute Gasteiger partial charge is 0.392 e. The third-order valence-electron chi connectivity index (χ3n) is 14.3. The largest absolute Gasteiger partial charge is 0.396 e. The summed E-state index contributed by atoms with van der Waals surface area (Å²) in [5, 5.41) is 30.8. The van der Waals surface area contributed by atoms with Gasteiger partial charge in [-0.05, 0) is 174 Å². The highest BCUT2D eigenvalue weighted by molar-refractivity contribution is 6.28. The lowest BCUT2D eigenvalue weighted by Crippen LogP contribution is -2.60. The van der Waals surface area contributed by atoms with Crippen molar-refractivity contribution in [3.8, 4) is 11.4 Å². The number of alkyl halides is 6. The zero-order valence-electron chi connectivity index (χ0n) is 45.7. The molecule has 6 aromatic rings. The van der Waals surface area contributed by atoms with E-state index in [0.717, 1.165) is 75.0 Å². The zero-order valence-corrected chi connectivity index (χ0v) is 46.5. The molecule has 4 aliphatic rings. The van der Waals surface area contributed by atoms with Gasteiger partial charge in [0.1, 0.15) is 17.5 Å². The van der Waals surface area contributed by atoms with Crippen LogP contribution in [0.25, 0.3) is 11.4 Å². The summed E-state index contributed by atoms with van der Waals surface area (Å²) in [6.45, 7) is 16.9. The first-order valence-electron chi connectivity index (χ1n) is 25.7. The van der Waals surface area contributed by atoms with Gasteiger partial charge in [-0.3, -0.25) is 0 Å². The number of aryl methyl sites for hydroxylation is 2. The summed E-state index contributed by atoms with van der Waals surface area (Å²) in [6.07, 6.45) is -3.88. The van der Waals surface area contributed by atoms with Gasteiger partial charge in [0, 0.05) is 54.4 Å². The maximum absolute atomic E-state index is 15.3. The van der Waals surface area contributed by atoms with E-state index in [0.29, 0.717) is 0 Å². The van der Waals surface area contributed by atoms with Gasteiger partial charge < -0.3 is 32.3 Å². The molecule has 0 radical (unpaired) electrons. The number of anilines is 5. The van der Waals surface area contributed by atoms with Crippen LogP contribution >= 0.6 is 11.6 Å². The second-order valence-electron chi connectivity index (χ2n) is 23.7. The number of nitrogens with two attached hydrogens (primary N) is 1. The summed E-state index contributed by atoms with van der Waals surface area (Å²) in [7, 11) is 2.68. The minimum absolute atomic E-state index is 0. The molecule has 0 bridgehead atoms. The second-order valence-corrected chi connectivity index (χ2v) is 24.0. The van der Waals surface area contributed by atoms with Crippen molar-refractivity contribution in [1.29, 1.82) is 0 Å². The molecule has 448 valence electrons. The van der Waals surface area contributed by atoms with Crippen LogP contribution in [0.15, 0.2) is 52.3 Å². The Morgan fingerprint density at radius 3 is 1.48 bits per heavy atom. The molecule has 19 nitrogen and oxygen atoms in total. The molecule has 7 N–H and O–H groups in total. The van der Waals surface area contributed by atoms with Crippen LogP contribution in [0.1, 0.15) is 124 Å². The lowest BCUT2D eigenvalue weighted by atomic mass is 9.79. The number of nitrogens with one attached hydrogen (secondary N) is 5. The molecule has 82 heavy (non-hydrogen) atoms. The van der Waals surface area contributed by atoms with Crippen molar-refractivity contribution >= 4 is 40.3 Å². The summed E-state index contributed by atoms with van der Waals surface area (Å²) >= 11 is 5.71. The molecular formula is C52H66ClF10N17O2. The first-order chi connectivity index (χ1) is 37.4. The minimum Gasteiger partial charge on any atom is -0.396 e. The lowest BCUT2D eigenvalue weighted by molar-refractivity contribution is -0.149. The predicted molar refractivity (Wildman–Crippen MR) is 288 cm³/mol. The molecule has 4 aromatic heterocycles. The fraction of sp³-hybridized carbons (Fsp3) is 0.558. The van der Waals surface area contributed by atoms with Gasteiger partial charge in [-0.25, -0.2) is 37.1 Å². The van der Waals surface area contributed by atoms with Crippen LogP contribution in [-0.4, -0.2) is 101 Å². The zero-order chi connectivity index (χ0) is 59.7. The van der Waals surface area contributed by atoms with Gasteiger partial charge in [-0.2, -0.15) is 50.1 Å². The first-order valence-corrected chi connectivity index (χ1v) is 26.0. The van der Waals surface area contributed by atoms with Crippen LogP contribution in [0, 0.1) is 35.1 Å². The van der Waals surface area contributed by atoms with Gasteiger partial charge in [0.2, 0.25) is 5.28 Å². The molecule has 4 fully saturated rings. The average Bonchev–Trinajstić information content (AvgIpc) is 4.26. The Bertz CT molecular complexity index is 3400. The normalized spacial score (nSPS) is 21.7. The topological polar surface area (TPSA) is 230 Å². The molecule has 2 aliphatic heterocycles. The highest BCUT2D eigenvalue weighted by atomic mass is 35.5. The SMILES string of the molecule is C.CC1(C)CC(Nc2nc(Cl)ncc2F)CC(C)(C)N1.Cn1nnn(-c2cc(N)c(F)cc2[C@H]2C[C@@H]2C(F)(F)F)c1=O.Cn1nnn(-c2cc(Nc3cc(NC4CC(C)(C)NC(C)(C)C4)c(F)cn3)c(F)cc2[C@H]2C[C@@H]2C(F)(F)F)c1=O. The first kappa shape index (κ1) is 62.7. The molecule has 2 saturated carbocycles. The fourth-order valence-electron chi connectivity index (χ4n) is 11.4. The quantitative estimate of drug-likeness (QED) is 0.0426. The van der Waals surface area contributed by atoms with Gasteiger partial charge >= 0.3 is 23.7 Å². The van der Waals surface area contributed by atoms with Crippen molar-refractivity contribution in [2.45, 2.75) is 160 Å². The number of rotatable bonds is 10. The van der Waals surface area contributed by atoms with E-state index >= 15 is 4.39 Å². The Morgan fingerprint density at radius 2 is 1.04 bits per heavy atom. The van der Waals surface area contributed by atoms with Gasteiger partial charge in [-0.15, -0.1) is 0 Å². The van der Waals surface area contributed by atoms with Crippen LogP contribution in [0.5, 0.6) is 0 Å². The van der Waals surface area contributed by atoms with E-state index in [1.165, 1.54) is 26.2 Å². The number of nitrogens with zero attached hydrogens (tertiary/aromatic N) is 11. The van der Waals surface area contributed by atoms with E-state index in [1.807, 2.05) is 0 Å². The number of nitrogen functional groups attached to an aromatic ring is 1. The van der Waals surface area contributed by atoms with Crippen molar-refractivity contribution in [1.82, 2.24) is 65.2 Å². The molecule has 10 rings (SSSR count). The van der Waals surface area contributed by atoms with Gasteiger partial charge in [0.05, 0.1) is 52.7 Å². The standard InChI is InChI=1S/C26H31F5N8O.C13H20ClFN4.C12H11F4N5O.CH4/c1-24(2)10-13(11-25(3,4)35-24)33-20-9-22(32-12-18(20)28)34-19-8-21(39-23(40)38(5)36-37-39)15(7-17(19)27)14-6-16(14)26(29,30)31;1-12(2)5-8(6-13(3,4)19-12)17-10-9(15)7-16-11(14)18-10;1-20-11(22)21(19-18-20)10-4-9(17)8(13)3-6(10)5-2-7(5)12(14,15)16;/h7-9,12-14,16,35H,6,10-11H2,1-5H3,(H2,32,33,34);7-8,19H,5-6H2,1-4H3,(H,16,17,18);3-5,7H,2,17H2,1H3;1H4/t14-,16+;;5-,7+;/m1.1./s1. The van der Waals surface area contributed by atoms with Crippen LogP contribution in [0.4, 0.5) is 72.6 Å². The maximum atomic E-state index is 15.3. The molecule has 2 saturated heterocycles. The van der Waals surface area contributed by atoms with Crippen LogP contribution in [0.2, 0.25) is 5.28 Å². The van der Waals surface area contributed by atoms with Crippen molar-refractivity contribution in [3.05, 3.63) is 103 Å². The van der Waals surface area contributed by atoms with Gasteiger partial charge in [0.15, 0.2) is 17.5 Å². The van der Waals surface area contributed by atoms with E-state index in [9.17, 15) is 49.1 Å². The van der Waals surface area contributed by atoms with E-state index in [2.05, 4.69) is 118 Å². The molecule has 0 amide bonds. The summed E-state index contributed by atoms with van der Waals surface area (Å²) in [5.74, 6) is -7.61. The Balaban J connectivity index is 0.000000194. The van der Waals surface area contributed by atoms with Crippen LogP contribution in [0.3, 0.4) is 0 Å². The average molecular weight is 1190 g/mol. The third kappa shape index (κ3) is 14.7. The number of hydrogen-bond donors (Lipinski definition) is 6. The molecule has 2 aliphatic carbocycles. The second kappa shape index (κ2) is 22.7. The Morgan fingerprint density at radius 1 is 0.598 bits per heavy atom. The Hall–Kier alpha value is -6.88. The minimum atomic E-state index is -4.46. The highest BCUT2D eigenvalue weighted by Gasteiger charge is 2.58. The van der Waals surface area contributed by atoms with Crippen LogP contribution < -0.4 is 43.7 Å². The number of pyridine rings is 1. The van der Waals surface area contributed by atoms with Crippen molar-refractivity contribution in [3.63, 3.8) is 0 Å². The monoisotopic (exact) mass is 1190 g/mol. The highest BCUT2D eigenvalue weighted by Crippen LogP contribution is 2.58. The number of benzene rings is 2. The summed E-state index contributed by atoms with van der Waals surface area (Å²) < 4.78 is 139. The summed E-state index contributed by atoms with van der Waals surface area (Å²) in [4.78, 5) is 36.0. The molecule has 6 heterocycles. The molecule has 2 aromatic carbocycles. The van der Waals surface area contributed by atoms with E-state index in [4.69, 9.17) is 17.3 Å². The lowest BCUT2D eigenvalue weighted by Gasteiger charge is -2.47. The van der Waals surface area contributed by atoms with Crippen LogP contribution in [-0.2, 0) is 14.1 Å². The summed E-state index contributed by atoms with van der Waals surface area (Å²) in [6, 6.07) is 5.70. The van der Waals surface area contributed by atoms with Crippen molar-refractivity contribution in [2.24, 2.45) is 25.9 Å². The molecule has 0 spiro atoms. The number of hydrogen-bond acceptors (Lipinski definition) is 15. The van der Waals surface area contributed by atoms with Gasteiger partial charge in [-0.1, -0.05) is 7.43 Å². The number of piperidine rings is 2. The molecular weight excluding hydrogens is 1120 g/mol. The molecule has 0 unspecified atom stereocenters. The fourth-order valence-corrected chi connectivity index (χ4v) is 11.6. The van der Waals surface area contributed by atoms with Gasteiger partial charge in [0.25, 0.3) is 0 Å². The predicted octanol–water partition coefficient (Wildman–Crippen LogP) is 9.75.